The molecule has 1 nitrogen and oxygen atoms in total. The molecule has 1 saturated carbocycles. The predicted octanol–water partition coefficient (Wildman–Crippen LogP) is 3.74. The highest BCUT2D eigenvalue weighted by molar-refractivity contribution is 5.32. The highest BCUT2D eigenvalue weighted by Crippen LogP contribution is 2.58. The monoisotopic (exact) mass is 233 g/mol. The second-order valence-corrected chi connectivity index (χ2v) is 6.76. The van der Waals surface area contributed by atoms with Crippen molar-refractivity contribution in [1.29, 1.82) is 0 Å². The molecule has 0 saturated heterocycles. The zero-order valence-electron chi connectivity index (χ0n) is 11.4. The van der Waals surface area contributed by atoms with Crippen LogP contribution in [0.25, 0.3) is 0 Å². The lowest BCUT2D eigenvalue weighted by molar-refractivity contribution is 0.265. The molecule has 3 aliphatic rings. The molecule has 5 atom stereocenters. The molecule has 1 fully saturated rings. The van der Waals surface area contributed by atoms with Crippen LogP contribution in [0.1, 0.15) is 52.4 Å². The van der Waals surface area contributed by atoms with Gasteiger partial charge in [0.15, 0.2) is 0 Å². The zero-order chi connectivity index (χ0) is 12.0. The predicted molar refractivity (Wildman–Crippen MR) is 72.6 cm³/mol. The summed E-state index contributed by atoms with van der Waals surface area (Å²) in [5.41, 5.74) is 9.50. The van der Waals surface area contributed by atoms with Crippen LogP contribution in [-0.2, 0) is 0 Å². The largest absolute Gasteiger partial charge is 0.330 e. The summed E-state index contributed by atoms with van der Waals surface area (Å²) in [5, 5.41) is 0. The maximum atomic E-state index is 5.71. The minimum absolute atomic E-state index is 0.879. The van der Waals surface area contributed by atoms with Gasteiger partial charge in [0.2, 0.25) is 0 Å². The topological polar surface area (TPSA) is 26.0 Å². The van der Waals surface area contributed by atoms with Crippen LogP contribution >= 0.6 is 0 Å². The van der Waals surface area contributed by atoms with E-state index in [0.717, 1.165) is 36.1 Å². The number of hydrogen-bond donors (Lipinski definition) is 1. The van der Waals surface area contributed by atoms with Gasteiger partial charge in [0.05, 0.1) is 0 Å². The molecule has 0 aliphatic heterocycles. The van der Waals surface area contributed by atoms with Crippen LogP contribution in [0.4, 0.5) is 0 Å². The van der Waals surface area contributed by atoms with Gasteiger partial charge >= 0.3 is 0 Å². The molecule has 0 aromatic carbocycles. The van der Waals surface area contributed by atoms with Crippen LogP contribution in [0, 0.1) is 29.6 Å². The second-order valence-electron chi connectivity index (χ2n) is 6.76. The third-order valence-corrected chi connectivity index (χ3v) is 5.79. The molecule has 0 aromatic rings. The lowest BCUT2D eigenvalue weighted by Crippen LogP contribution is -2.21. The molecular formula is C16H27N. The Morgan fingerprint density at radius 1 is 1.18 bits per heavy atom. The van der Waals surface area contributed by atoms with Crippen LogP contribution in [0.15, 0.2) is 11.1 Å². The molecule has 5 unspecified atom stereocenters. The van der Waals surface area contributed by atoms with Crippen LogP contribution < -0.4 is 5.73 Å². The lowest BCUT2D eigenvalue weighted by Gasteiger charge is -2.34. The van der Waals surface area contributed by atoms with Gasteiger partial charge in [-0.1, -0.05) is 25.0 Å². The van der Waals surface area contributed by atoms with Crippen molar-refractivity contribution in [1.82, 2.24) is 0 Å². The van der Waals surface area contributed by atoms with E-state index in [4.69, 9.17) is 5.73 Å². The molecule has 0 spiro atoms. The fourth-order valence-corrected chi connectivity index (χ4v) is 5.23. The minimum Gasteiger partial charge on any atom is -0.330 e. The van der Waals surface area contributed by atoms with Crippen LogP contribution in [0.5, 0.6) is 0 Å². The average Bonchev–Trinajstić information content (AvgIpc) is 2.60. The van der Waals surface area contributed by atoms with Crippen molar-refractivity contribution in [3.05, 3.63) is 11.1 Å². The first kappa shape index (κ1) is 11.8. The summed E-state index contributed by atoms with van der Waals surface area (Å²) >= 11 is 0. The van der Waals surface area contributed by atoms with Gasteiger partial charge in [-0.2, -0.15) is 0 Å². The summed E-state index contributed by atoms with van der Waals surface area (Å²) in [6.45, 7) is 5.82. The first-order valence-electron chi connectivity index (χ1n) is 7.65. The second kappa shape index (κ2) is 4.42. The number of allylic oxidation sites excluding steroid dienone is 2. The van der Waals surface area contributed by atoms with E-state index < -0.39 is 0 Å². The Labute approximate surface area is 106 Å². The van der Waals surface area contributed by atoms with Gasteiger partial charge in [-0.15, -0.1) is 0 Å². The Bertz CT molecular complexity index is 330. The molecular weight excluding hydrogens is 206 g/mol. The summed E-state index contributed by atoms with van der Waals surface area (Å²) in [7, 11) is 0. The summed E-state index contributed by atoms with van der Waals surface area (Å²) in [4.78, 5) is 0. The fraction of sp³-hybridized carbons (Fsp3) is 0.875. The highest BCUT2D eigenvalue weighted by atomic mass is 14.5. The van der Waals surface area contributed by atoms with Crippen molar-refractivity contribution >= 4 is 0 Å². The van der Waals surface area contributed by atoms with Crippen molar-refractivity contribution in [3.8, 4) is 0 Å². The van der Waals surface area contributed by atoms with Gasteiger partial charge in [-0.3, -0.25) is 0 Å². The lowest BCUT2D eigenvalue weighted by atomic mass is 9.72. The molecule has 96 valence electrons. The van der Waals surface area contributed by atoms with E-state index in [0.29, 0.717) is 0 Å². The van der Waals surface area contributed by atoms with Crippen LogP contribution in [0.3, 0.4) is 0 Å². The third-order valence-electron chi connectivity index (χ3n) is 5.79. The van der Waals surface area contributed by atoms with Gasteiger partial charge in [0.1, 0.15) is 0 Å². The molecule has 0 radical (unpaired) electrons. The molecule has 2 N–H and O–H groups in total. The van der Waals surface area contributed by atoms with Crippen molar-refractivity contribution in [2.75, 3.05) is 6.54 Å². The van der Waals surface area contributed by atoms with Gasteiger partial charge in [0, 0.05) is 0 Å². The SMILES string of the molecule is CC1CCC2C3=C1C(C)CC(C3)C2CCCN. The fourth-order valence-electron chi connectivity index (χ4n) is 5.23. The number of fused-ring (bicyclic) bond motifs is 1. The Kier molecular flexibility index (Phi) is 3.06. The Hall–Kier alpha value is -0.300. The summed E-state index contributed by atoms with van der Waals surface area (Å²) in [6, 6.07) is 0. The Morgan fingerprint density at radius 3 is 2.76 bits per heavy atom. The molecule has 3 aliphatic carbocycles. The van der Waals surface area contributed by atoms with E-state index in [-0.39, 0.29) is 0 Å². The number of hydrogen-bond acceptors (Lipinski definition) is 1. The van der Waals surface area contributed by atoms with E-state index in [2.05, 4.69) is 13.8 Å². The van der Waals surface area contributed by atoms with Crippen molar-refractivity contribution in [2.24, 2.45) is 35.3 Å². The van der Waals surface area contributed by atoms with Crippen LogP contribution in [0.2, 0.25) is 0 Å². The van der Waals surface area contributed by atoms with Gasteiger partial charge in [-0.05, 0) is 74.7 Å². The number of nitrogens with two attached hydrogens (primary N) is 1. The van der Waals surface area contributed by atoms with Crippen LogP contribution in [-0.4, -0.2) is 6.54 Å². The maximum Gasteiger partial charge on any atom is -0.00772 e. The standard InChI is InChI=1S/C16H27N/c1-10-5-6-14-13(4-3-7-17)12-8-11(2)16(10)15(14)9-12/h10-14H,3-9,17H2,1-2H3. The highest BCUT2D eigenvalue weighted by Gasteiger charge is 2.47. The van der Waals surface area contributed by atoms with Gasteiger partial charge in [0.25, 0.3) is 0 Å². The molecule has 17 heavy (non-hydrogen) atoms. The van der Waals surface area contributed by atoms with Gasteiger partial charge < -0.3 is 5.73 Å². The zero-order valence-corrected chi connectivity index (χ0v) is 11.4. The number of rotatable bonds is 3. The summed E-state index contributed by atoms with van der Waals surface area (Å²) in [6.07, 6.45) is 8.46. The third kappa shape index (κ3) is 1.78. The molecule has 1 heteroatoms. The van der Waals surface area contributed by atoms with E-state index in [9.17, 15) is 0 Å². The normalized spacial score (nSPS) is 44.3. The van der Waals surface area contributed by atoms with Crippen molar-refractivity contribution < 1.29 is 0 Å². The Morgan fingerprint density at radius 2 is 2.00 bits per heavy atom. The maximum absolute atomic E-state index is 5.71. The van der Waals surface area contributed by atoms with Crippen molar-refractivity contribution in [3.63, 3.8) is 0 Å². The summed E-state index contributed by atoms with van der Waals surface area (Å²) < 4.78 is 0. The van der Waals surface area contributed by atoms with E-state index in [1.54, 1.807) is 0 Å². The van der Waals surface area contributed by atoms with E-state index in [1.165, 1.54) is 38.5 Å². The summed E-state index contributed by atoms with van der Waals surface area (Å²) in [5.74, 6) is 4.71. The minimum atomic E-state index is 0.879. The quantitative estimate of drug-likeness (QED) is 0.738. The molecule has 3 rings (SSSR count). The molecule has 2 bridgehead atoms. The van der Waals surface area contributed by atoms with Crippen molar-refractivity contribution in [2.45, 2.75) is 52.4 Å². The van der Waals surface area contributed by atoms with Gasteiger partial charge in [-0.25, -0.2) is 0 Å². The average molecular weight is 233 g/mol. The first-order chi connectivity index (χ1) is 8.22. The smallest absolute Gasteiger partial charge is 0.00772 e. The van der Waals surface area contributed by atoms with E-state index >= 15 is 0 Å². The molecule has 0 aromatic heterocycles. The Balaban J connectivity index is 1.88. The molecule has 0 heterocycles. The van der Waals surface area contributed by atoms with E-state index in [1.807, 2.05) is 11.1 Å². The molecule has 0 amide bonds. The first-order valence-corrected chi connectivity index (χ1v) is 7.65.